The van der Waals surface area contributed by atoms with Crippen LogP contribution < -0.4 is 21.7 Å². The molecule has 0 unspecified atom stereocenters. The molecule has 0 bridgehead atoms. The molecule has 0 atom stereocenters. The fourth-order valence-electron chi connectivity index (χ4n) is 3.98. The third-order valence-corrected chi connectivity index (χ3v) is 5.68. The lowest BCUT2D eigenvalue weighted by atomic mass is 10.2. The highest BCUT2D eigenvalue weighted by atomic mass is 16.6. The number of nitrogens with two attached hydrogens (primary N) is 2. The number of piperazine rings is 1. The van der Waals surface area contributed by atoms with E-state index < -0.39 is 5.60 Å². The number of fused-ring (bicyclic) bond motifs is 1. The molecule has 1 aliphatic rings. The fourth-order valence-corrected chi connectivity index (χ4v) is 3.98. The van der Waals surface area contributed by atoms with Gasteiger partial charge < -0.3 is 35.9 Å². The molecular weight excluding hydrogens is 448 g/mol. The normalized spacial score (nSPS) is 14.1. The molecule has 3 aromatic rings. The number of nitrogen functional groups attached to an aromatic ring is 2. The zero-order valence-electron chi connectivity index (χ0n) is 20.4. The molecule has 0 aromatic carbocycles. The van der Waals surface area contributed by atoms with E-state index in [-0.39, 0.29) is 35.8 Å². The van der Waals surface area contributed by atoms with Crippen molar-refractivity contribution in [2.24, 2.45) is 7.05 Å². The first-order valence-electron chi connectivity index (χ1n) is 11.3. The number of amides is 1. The first-order valence-corrected chi connectivity index (χ1v) is 11.3. The number of carbonyl (C=O) groups is 1. The van der Waals surface area contributed by atoms with Crippen molar-refractivity contribution in [2.45, 2.75) is 32.9 Å². The van der Waals surface area contributed by atoms with Crippen molar-refractivity contribution >= 4 is 40.4 Å². The summed E-state index contributed by atoms with van der Waals surface area (Å²) in [5.74, 6) is 0.259. The second kappa shape index (κ2) is 9.17. The molecule has 0 radical (unpaired) electrons. The number of hydrogen-bond donors (Lipinski definition) is 3. The Balaban J connectivity index is 1.59. The van der Waals surface area contributed by atoms with Gasteiger partial charge in [0.05, 0.1) is 29.0 Å². The Labute approximate surface area is 203 Å². The summed E-state index contributed by atoms with van der Waals surface area (Å²) in [6, 6.07) is 6.06. The van der Waals surface area contributed by atoms with E-state index >= 15 is 0 Å². The number of aromatic nitrogens is 4. The Kier molecular flexibility index (Phi) is 6.26. The summed E-state index contributed by atoms with van der Waals surface area (Å²) in [6.45, 7) is 8.18. The molecule has 12 heteroatoms. The van der Waals surface area contributed by atoms with Crippen LogP contribution in [0.25, 0.3) is 11.0 Å². The maximum absolute atomic E-state index is 12.5. The molecular formula is C23H30N10O2. The van der Waals surface area contributed by atoms with Crippen molar-refractivity contribution in [1.29, 1.82) is 5.26 Å². The van der Waals surface area contributed by atoms with Gasteiger partial charge in [0.2, 0.25) is 5.95 Å². The molecule has 4 rings (SSSR count). The van der Waals surface area contributed by atoms with Crippen LogP contribution in [0.1, 0.15) is 32.0 Å². The van der Waals surface area contributed by atoms with Gasteiger partial charge in [0, 0.05) is 39.4 Å². The number of ether oxygens (including phenoxy) is 1. The summed E-state index contributed by atoms with van der Waals surface area (Å²) in [7, 11) is 1.97. The number of carbonyl (C=O) groups excluding carboxylic acids is 1. The summed E-state index contributed by atoms with van der Waals surface area (Å²) >= 11 is 0. The maximum Gasteiger partial charge on any atom is 0.410 e. The largest absolute Gasteiger partial charge is 0.444 e. The molecule has 1 saturated heterocycles. The van der Waals surface area contributed by atoms with Crippen LogP contribution in [0.3, 0.4) is 0 Å². The molecule has 1 amide bonds. The van der Waals surface area contributed by atoms with E-state index in [1.807, 2.05) is 50.7 Å². The van der Waals surface area contributed by atoms with Gasteiger partial charge >= 0.3 is 6.09 Å². The number of pyridine rings is 1. The molecule has 1 aliphatic heterocycles. The highest BCUT2D eigenvalue weighted by molar-refractivity contribution is 5.81. The summed E-state index contributed by atoms with van der Waals surface area (Å²) in [5, 5.41) is 12.6. The standard InChI is InChI=1S/C23H30N10O2/c1-23(2,3)35-22(34)33-9-7-32(8-10-33)18-11-17-15(5-6-31(17)4)28-16(18)13-27-20-14(12-24)19(25)29-21(26)30-20/h5-6,11H,7-10,13H2,1-4H3,(H5,25,26,27,29,30). The zero-order chi connectivity index (χ0) is 25.3. The number of aryl methyl sites for hydroxylation is 1. The van der Waals surface area contributed by atoms with Gasteiger partial charge in [-0.3, -0.25) is 0 Å². The Hall–Kier alpha value is -4.27. The summed E-state index contributed by atoms with van der Waals surface area (Å²) in [5.41, 5.74) is 14.7. The average Bonchev–Trinajstić information content (AvgIpc) is 3.15. The van der Waals surface area contributed by atoms with Crippen LogP contribution in [-0.2, 0) is 18.3 Å². The maximum atomic E-state index is 12.5. The fraction of sp³-hybridized carbons (Fsp3) is 0.435. The lowest BCUT2D eigenvalue weighted by Gasteiger charge is -2.37. The van der Waals surface area contributed by atoms with E-state index in [0.717, 1.165) is 22.4 Å². The van der Waals surface area contributed by atoms with Crippen LogP contribution in [0.4, 0.5) is 28.1 Å². The monoisotopic (exact) mass is 478 g/mol. The highest BCUT2D eigenvalue weighted by Gasteiger charge is 2.27. The third-order valence-electron chi connectivity index (χ3n) is 5.68. The molecule has 35 heavy (non-hydrogen) atoms. The highest BCUT2D eigenvalue weighted by Crippen LogP contribution is 2.28. The summed E-state index contributed by atoms with van der Waals surface area (Å²) in [4.78, 5) is 29.3. The van der Waals surface area contributed by atoms with Gasteiger partial charge in [0.1, 0.15) is 23.1 Å². The average molecular weight is 479 g/mol. The number of nitriles is 1. The molecule has 5 N–H and O–H groups in total. The second-order valence-corrected chi connectivity index (χ2v) is 9.40. The Morgan fingerprint density at radius 3 is 2.57 bits per heavy atom. The van der Waals surface area contributed by atoms with Gasteiger partial charge in [-0.25, -0.2) is 9.78 Å². The van der Waals surface area contributed by atoms with Crippen molar-refractivity contribution < 1.29 is 9.53 Å². The zero-order valence-corrected chi connectivity index (χ0v) is 20.4. The van der Waals surface area contributed by atoms with Gasteiger partial charge in [0.15, 0.2) is 5.82 Å². The summed E-state index contributed by atoms with van der Waals surface area (Å²) in [6.07, 6.45) is 1.65. The molecule has 1 fully saturated rings. The van der Waals surface area contributed by atoms with Gasteiger partial charge in [-0.15, -0.1) is 0 Å². The van der Waals surface area contributed by atoms with Crippen molar-refractivity contribution in [3.8, 4) is 6.07 Å². The first-order chi connectivity index (χ1) is 16.6. The van der Waals surface area contributed by atoms with Crippen LogP contribution >= 0.6 is 0 Å². The van der Waals surface area contributed by atoms with Gasteiger partial charge in [-0.05, 0) is 32.9 Å². The lowest BCUT2D eigenvalue weighted by Crippen LogP contribution is -2.50. The van der Waals surface area contributed by atoms with E-state index in [1.165, 1.54) is 0 Å². The van der Waals surface area contributed by atoms with E-state index in [0.29, 0.717) is 26.2 Å². The second-order valence-electron chi connectivity index (χ2n) is 9.40. The van der Waals surface area contributed by atoms with E-state index in [2.05, 4.69) is 26.3 Å². The minimum absolute atomic E-state index is 0.0195. The van der Waals surface area contributed by atoms with Crippen molar-refractivity contribution in [2.75, 3.05) is 47.9 Å². The summed E-state index contributed by atoms with van der Waals surface area (Å²) < 4.78 is 7.53. The van der Waals surface area contributed by atoms with Crippen LogP contribution in [0, 0.1) is 11.3 Å². The van der Waals surface area contributed by atoms with E-state index in [4.69, 9.17) is 21.2 Å². The van der Waals surface area contributed by atoms with Gasteiger partial charge in [-0.2, -0.15) is 15.2 Å². The molecule has 0 aliphatic carbocycles. The Morgan fingerprint density at radius 2 is 1.91 bits per heavy atom. The van der Waals surface area contributed by atoms with Crippen LogP contribution in [0.5, 0.6) is 0 Å². The number of nitrogens with zero attached hydrogens (tertiary/aromatic N) is 7. The topological polar surface area (TPSA) is 164 Å². The van der Waals surface area contributed by atoms with Crippen LogP contribution in [-0.4, -0.2) is 62.3 Å². The number of nitrogens with one attached hydrogen (secondary N) is 1. The molecule has 0 spiro atoms. The predicted molar refractivity (Wildman–Crippen MR) is 134 cm³/mol. The van der Waals surface area contributed by atoms with Crippen molar-refractivity contribution in [3.63, 3.8) is 0 Å². The quantitative estimate of drug-likeness (QED) is 0.505. The SMILES string of the molecule is Cn1ccc2nc(CNc3nc(N)nc(N)c3C#N)c(N3CCN(C(=O)OC(C)(C)C)CC3)cc21. The number of rotatable bonds is 4. The molecule has 12 nitrogen and oxygen atoms in total. The molecule has 0 saturated carbocycles. The van der Waals surface area contributed by atoms with Gasteiger partial charge in [-0.1, -0.05) is 0 Å². The molecule has 3 aromatic heterocycles. The van der Waals surface area contributed by atoms with E-state index in [1.54, 1.807) is 4.90 Å². The number of hydrogen-bond acceptors (Lipinski definition) is 10. The first kappa shape index (κ1) is 23.9. The minimum atomic E-state index is -0.537. The molecule has 184 valence electrons. The smallest absolute Gasteiger partial charge is 0.410 e. The lowest BCUT2D eigenvalue weighted by molar-refractivity contribution is 0.0240. The number of anilines is 4. The van der Waals surface area contributed by atoms with Gasteiger partial charge in [0.25, 0.3) is 0 Å². The predicted octanol–water partition coefficient (Wildman–Crippen LogP) is 2.07. The third kappa shape index (κ3) is 5.13. The van der Waals surface area contributed by atoms with Crippen LogP contribution in [0.2, 0.25) is 0 Å². The Morgan fingerprint density at radius 1 is 1.20 bits per heavy atom. The Bertz CT molecular complexity index is 1300. The van der Waals surface area contributed by atoms with Crippen molar-refractivity contribution in [3.05, 3.63) is 29.6 Å². The van der Waals surface area contributed by atoms with E-state index in [9.17, 15) is 10.1 Å². The van der Waals surface area contributed by atoms with Crippen molar-refractivity contribution in [1.82, 2.24) is 24.4 Å². The molecule has 4 heterocycles. The van der Waals surface area contributed by atoms with Crippen LogP contribution in [0.15, 0.2) is 18.3 Å². The minimum Gasteiger partial charge on any atom is -0.444 e.